The minimum absolute atomic E-state index is 0.0286. The molecule has 2 amide bonds. The third-order valence-electron chi connectivity index (χ3n) is 6.22. The Morgan fingerprint density at radius 3 is 2.62 bits per heavy atom. The van der Waals surface area contributed by atoms with Crippen LogP contribution in [0, 0.1) is 0 Å². The summed E-state index contributed by atoms with van der Waals surface area (Å²) < 4.78 is 10.8. The van der Waals surface area contributed by atoms with E-state index in [1.54, 1.807) is 0 Å². The summed E-state index contributed by atoms with van der Waals surface area (Å²) >= 11 is 0. The van der Waals surface area contributed by atoms with E-state index in [1.165, 1.54) is 0 Å². The summed E-state index contributed by atoms with van der Waals surface area (Å²) in [5.41, 5.74) is 3.17. The fourth-order valence-corrected chi connectivity index (χ4v) is 4.37. The first-order valence-corrected chi connectivity index (χ1v) is 12.1. The predicted molar refractivity (Wildman–Crippen MR) is 131 cm³/mol. The van der Waals surface area contributed by atoms with E-state index in [4.69, 9.17) is 9.47 Å². The monoisotopic (exact) mass is 466 g/mol. The minimum Gasteiger partial charge on any atom is -0.382 e. The summed E-state index contributed by atoms with van der Waals surface area (Å²) in [4.78, 5) is 29.7. The van der Waals surface area contributed by atoms with Gasteiger partial charge in [-0.2, -0.15) is 0 Å². The third kappa shape index (κ3) is 5.94. The lowest BCUT2D eigenvalue weighted by atomic mass is 10.1. The number of amides is 2. The molecule has 2 aliphatic rings. The molecule has 0 bridgehead atoms. The molecule has 0 aliphatic carbocycles. The zero-order chi connectivity index (χ0) is 23.8. The van der Waals surface area contributed by atoms with Crippen LogP contribution >= 0.6 is 0 Å². The van der Waals surface area contributed by atoms with Crippen LogP contribution in [0.1, 0.15) is 45.8 Å². The quantitative estimate of drug-likeness (QED) is 0.496. The van der Waals surface area contributed by atoms with Crippen LogP contribution in [0.3, 0.4) is 0 Å². The van der Waals surface area contributed by atoms with Gasteiger partial charge in [0, 0.05) is 68.3 Å². The molecule has 2 heterocycles. The number of rotatable bonds is 11. The molecule has 0 aromatic heterocycles. The van der Waals surface area contributed by atoms with Crippen LogP contribution in [0.15, 0.2) is 48.5 Å². The molecule has 1 saturated heterocycles. The Labute approximate surface area is 201 Å². The van der Waals surface area contributed by atoms with E-state index in [9.17, 15) is 9.59 Å². The molecule has 8 heteroatoms. The van der Waals surface area contributed by atoms with Gasteiger partial charge >= 0.3 is 0 Å². The van der Waals surface area contributed by atoms with E-state index >= 15 is 0 Å². The maximum Gasteiger partial charge on any atom is 0.256 e. The van der Waals surface area contributed by atoms with Gasteiger partial charge in [0.2, 0.25) is 0 Å². The summed E-state index contributed by atoms with van der Waals surface area (Å²) in [7, 11) is 0. The topological polar surface area (TPSA) is 83.1 Å². The molecular weight excluding hydrogens is 432 g/mol. The Morgan fingerprint density at radius 2 is 1.85 bits per heavy atom. The van der Waals surface area contributed by atoms with Gasteiger partial charge in [-0.3, -0.25) is 14.5 Å². The molecule has 0 radical (unpaired) electrons. The smallest absolute Gasteiger partial charge is 0.256 e. The fraction of sp³-hybridized carbons (Fsp3) is 0.462. The number of anilines is 1. The van der Waals surface area contributed by atoms with E-state index in [1.807, 2.05) is 60.4 Å². The normalized spacial score (nSPS) is 18.1. The number of carbonyl (C=O) groups is 2. The van der Waals surface area contributed by atoms with Crippen LogP contribution in [-0.2, 0) is 9.47 Å². The van der Waals surface area contributed by atoms with Gasteiger partial charge in [0.1, 0.15) is 6.17 Å². The van der Waals surface area contributed by atoms with Crippen molar-refractivity contribution in [2.24, 2.45) is 0 Å². The van der Waals surface area contributed by atoms with Crippen LogP contribution in [0.2, 0.25) is 0 Å². The average Bonchev–Trinajstić information content (AvgIpc) is 3.14. The summed E-state index contributed by atoms with van der Waals surface area (Å²) in [6.45, 7) is 8.62. The number of benzene rings is 2. The maximum atomic E-state index is 13.0. The van der Waals surface area contributed by atoms with Crippen LogP contribution < -0.4 is 10.6 Å². The molecule has 2 aromatic carbocycles. The van der Waals surface area contributed by atoms with Gasteiger partial charge < -0.3 is 25.0 Å². The number of nitrogens with one attached hydrogen (secondary N) is 2. The first kappa shape index (κ1) is 24.2. The largest absolute Gasteiger partial charge is 0.382 e. The number of carbonyl (C=O) groups excluding carboxylic acids is 2. The molecule has 1 atom stereocenters. The third-order valence-corrected chi connectivity index (χ3v) is 6.22. The Bertz CT molecular complexity index is 960. The van der Waals surface area contributed by atoms with Crippen LogP contribution in [0.25, 0.3) is 0 Å². The first-order valence-electron chi connectivity index (χ1n) is 12.1. The lowest BCUT2D eigenvalue weighted by Gasteiger charge is -2.27. The van der Waals surface area contributed by atoms with Crippen LogP contribution in [-0.4, -0.2) is 80.8 Å². The van der Waals surface area contributed by atoms with Gasteiger partial charge in [0.25, 0.3) is 11.8 Å². The highest BCUT2D eigenvalue weighted by atomic mass is 16.5. The van der Waals surface area contributed by atoms with Crippen molar-refractivity contribution in [3.8, 4) is 0 Å². The summed E-state index contributed by atoms with van der Waals surface area (Å²) in [6, 6.07) is 15.1. The number of fused-ring (bicyclic) bond motifs is 1. The second kappa shape index (κ2) is 12.0. The second-order valence-electron chi connectivity index (χ2n) is 8.47. The van der Waals surface area contributed by atoms with Gasteiger partial charge in [-0.25, -0.2) is 0 Å². The molecule has 182 valence electrons. The molecule has 34 heavy (non-hydrogen) atoms. The summed E-state index contributed by atoms with van der Waals surface area (Å²) in [5, 5.41) is 6.48. The standard InChI is InChI=1S/C26H34N4O4/c1-2-33-17-5-13-30-24(22-6-3-4-7-23(22)26(30)32)28-21-10-8-20(9-11-21)25(31)27-12-14-29-15-18-34-19-16-29/h3-4,6-11,24,28H,2,5,12-19H2,1H3,(H,27,31). The Kier molecular flexibility index (Phi) is 8.51. The molecule has 2 N–H and O–H groups in total. The zero-order valence-electron chi connectivity index (χ0n) is 19.8. The lowest BCUT2D eigenvalue weighted by molar-refractivity contribution is 0.0383. The highest BCUT2D eigenvalue weighted by Gasteiger charge is 2.36. The number of nitrogens with zero attached hydrogens (tertiary/aromatic N) is 2. The average molecular weight is 467 g/mol. The van der Waals surface area contributed by atoms with Gasteiger partial charge in [0.15, 0.2) is 0 Å². The molecule has 2 aliphatic heterocycles. The van der Waals surface area contributed by atoms with Gasteiger partial charge in [-0.05, 0) is 43.7 Å². The van der Waals surface area contributed by atoms with Crippen molar-refractivity contribution in [3.63, 3.8) is 0 Å². The van der Waals surface area contributed by atoms with Crippen molar-refractivity contribution in [1.29, 1.82) is 0 Å². The highest BCUT2D eigenvalue weighted by molar-refractivity contribution is 5.99. The molecular formula is C26H34N4O4. The van der Waals surface area contributed by atoms with E-state index in [0.29, 0.717) is 31.9 Å². The highest BCUT2D eigenvalue weighted by Crippen LogP contribution is 2.34. The predicted octanol–water partition coefficient (Wildman–Crippen LogP) is 2.74. The van der Waals surface area contributed by atoms with Crippen molar-refractivity contribution in [1.82, 2.24) is 15.1 Å². The summed E-state index contributed by atoms with van der Waals surface area (Å²) in [5.74, 6) is -0.0559. The van der Waals surface area contributed by atoms with Crippen LogP contribution in [0.4, 0.5) is 5.69 Å². The molecule has 1 fully saturated rings. The number of morpholine rings is 1. The van der Waals surface area contributed by atoms with Crippen molar-refractivity contribution < 1.29 is 19.1 Å². The number of ether oxygens (including phenoxy) is 2. The Balaban J connectivity index is 1.35. The first-order chi connectivity index (χ1) is 16.7. The van der Waals surface area contributed by atoms with Crippen LogP contribution in [0.5, 0.6) is 0 Å². The molecule has 0 spiro atoms. The lowest BCUT2D eigenvalue weighted by Crippen LogP contribution is -2.41. The van der Waals surface area contributed by atoms with Crippen molar-refractivity contribution >= 4 is 17.5 Å². The fourth-order valence-electron chi connectivity index (χ4n) is 4.37. The summed E-state index contributed by atoms with van der Waals surface area (Å²) in [6.07, 6.45) is 0.522. The van der Waals surface area contributed by atoms with E-state index < -0.39 is 0 Å². The molecule has 4 rings (SSSR count). The SMILES string of the molecule is CCOCCCN1C(=O)c2ccccc2C1Nc1ccc(C(=O)NCCN2CCOCC2)cc1. The molecule has 8 nitrogen and oxygen atoms in total. The molecule has 0 saturated carbocycles. The number of hydrogen-bond acceptors (Lipinski definition) is 6. The van der Waals surface area contributed by atoms with E-state index in [2.05, 4.69) is 15.5 Å². The molecule has 1 unspecified atom stereocenters. The Morgan fingerprint density at radius 1 is 1.09 bits per heavy atom. The van der Waals surface area contributed by atoms with Gasteiger partial charge in [-0.1, -0.05) is 18.2 Å². The van der Waals surface area contributed by atoms with Crippen molar-refractivity contribution in [2.75, 3.05) is 64.5 Å². The molecule has 2 aromatic rings. The van der Waals surface area contributed by atoms with Gasteiger partial charge in [0.05, 0.1) is 13.2 Å². The number of hydrogen-bond donors (Lipinski definition) is 2. The van der Waals surface area contributed by atoms with Crippen molar-refractivity contribution in [3.05, 3.63) is 65.2 Å². The second-order valence-corrected chi connectivity index (χ2v) is 8.47. The van der Waals surface area contributed by atoms with Gasteiger partial charge in [-0.15, -0.1) is 0 Å². The van der Waals surface area contributed by atoms with Crippen molar-refractivity contribution in [2.45, 2.75) is 19.5 Å². The minimum atomic E-state index is -0.251. The Hall–Kier alpha value is -2.94. The zero-order valence-corrected chi connectivity index (χ0v) is 19.8. The maximum absolute atomic E-state index is 13.0. The van der Waals surface area contributed by atoms with E-state index in [0.717, 1.165) is 56.1 Å². The van der Waals surface area contributed by atoms with E-state index in [-0.39, 0.29) is 18.0 Å².